The highest BCUT2D eigenvalue weighted by Crippen LogP contribution is 2.14. The fraction of sp³-hybridized carbons (Fsp3) is 0.111. The Bertz CT molecular complexity index is 441. The van der Waals surface area contributed by atoms with Gasteiger partial charge in [-0.05, 0) is 18.2 Å². The molecule has 72 valence electrons. The van der Waals surface area contributed by atoms with Crippen LogP contribution in [0.5, 0.6) is 0 Å². The van der Waals surface area contributed by atoms with Crippen molar-refractivity contribution in [3.8, 4) is 5.69 Å². The van der Waals surface area contributed by atoms with Crippen LogP contribution in [0.3, 0.4) is 0 Å². The molecule has 0 N–H and O–H groups in total. The largest absolute Gasteiger partial charge is 0.220 e. The molecule has 3 nitrogen and oxygen atoms in total. The first kappa shape index (κ1) is 9.68. The second-order valence-electron chi connectivity index (χ2n) is 2.77. The van der Waals surface area contributed by atoms with E-state index in [1.165, 1.54) is 0 Å². The van der Waals surface area contributed by atoms with Crippen LogP contribution in [0.15, 0.2) is 30.5 Å². The molecule has 0 aliphatic rings. The van der Waals surface area contributed by atoms with Gasteiger partial charge < -0.3 is 0 Å². The van der Waals surface area contributed by atoms with Crippen molar-refractivity contribution in [2.45, 2.75) is 5.33 Å². The third kappa shape index (κ3) is 1.96. The highest BCUT2D eigenvalue weighted by molar-refractivity contribution is 9.08. The smallest absolute Gasteiger partial charge is 0.0937 e. The molecule has 0 amide bonds. The third-order valence-corrected chi connectivity index (χ3v) is 2.56. The zero-order valence-electron chi connectivity index (χ0n) is 7.19. The first-order valence-corrected chi connectivity index (χ1v) is 5.52. The van der Waals surface area contributed by atoms with E-state index in [9.17, 15) is 0 Å². The molecule has 0 radical (unpaired) electrons. The quantitative estimate of drug-likeness (QED) is 0.787. The molecule has 0 fully saturated rings. The van der Waals surface area contributed by atoms with Gasteiger partial charge in [-0.2, -0.15) is 0 Å². The number of rotatable bonds is 2. The second kappa shape index (κ2) is 4.11. The van der Waals surface area contributed by atoms with Gasteiger partial charge in [0.25, 0.3) is 0 Å². The molecule has 0 unspecified atom stereocenters. The van der Waals surface area contributed by atoms with Crippen LogP contribution in [-0.2, 0) is 5.33 Å². The molecule has 14 heavy (non-hydrogen) atoms. The molecule has 0 bridgehead atoms. The molecule has 0 saturated carbocycles. The fourth-order valence-electron chi connectivity index (χ4n) is 1.10. The van der Waals surface area contributed by atoms with Crippen molar-refractivity contribution in [1.82, 2.24) is 15.0 Å². The predicted octanol–water partition coefficient (Wildman–Crippen LogP) is 2.82. The molecule has 2 rings (SSSR count). The van der Waals surface area contributed by atoms with Gasteiger partial charge in [-0.1, -0.05) is 38.8 Å². The van der Waals surface area contributed by atoms with E-state index < -0.39 is 0 Å². The van der Waals surface area contributed by atoms with Crippen molar-refractivity contribution >= 4 is 27.5 Å². The van der Waals surface area contributed by atoms with Gasteiger partial charge in [0.05, 0.1) is 17.6 Å². The van der Waals surface area contributed by atoms with Gasteiger partial charge in [0.2, 0.25) is 0 Å². The van der Waals surface area contributed by atoms with Gasteiger partial charge in [-0.15, -0.1) is 5.10 Å². The van der Waals surface area contributed by atoms with E-state index in [1.54, 1.807) is 4.68 Å². The lowest BCUT2D eigenvalue weighted by atomic mass is 10.3. The molecule has 0 atom stereocenters. The van der Waals surface area contributed by atoms with E-state index in [4.69, 9.17) is 11.6 Å². The summed E-state index contributed by atoms with van der Waals surface area (Å²) < 4.78 is 1.70. The van der Waals surface area contributed by atoms with Gasteiger partial charge in [0.15, 0.2) is 0 Å². The van der Waals surface area contributed by atoms with E-state index in [2.05, 4.69) is 26.2 Å². The molecular formula is C9H7BrClN3. The highest BCUT2D eigenvalue weighted by Gasteiger charge is 2.01. The zero-order valence-corrected chi connectivity index (χ0v) is 9.53. The average molecular weight is 273 g/mol. The summed E-state index contributed by atoms with van der Waals surface area (Å²) in [7, 11) is 0. The lowest BCUT2D eigenvalue weighted by Gasteiger charge is -1.98. The van der Waals surface area contributed by atoms with Crippen molar-refractivity contribution in [2.75, 3.05) is 0 Å². The molecule has 1 aromatic heterocycles. The Hall–Kier alpha value is -0.870. The van der Waals surface area contributed by atoms with E-state index in [0.717, 1.165) is 11.4 Å². The molecule has 1 heterocycles. The number of hydrogen-bond donors (Lipinski definition) is 0. The topological polar surface area (TPSA) is 30.7 Å². The number of nitrogens with zero attached hydrogens (tertiary/aromatic N) is 3. The molecule has 0 spiro atoms. The molecule has 2 aromatic rings. The van der Waals surface area contributed by atoms with Crippen LogP contribution in [-0.4, -0.2) is 15.0 Å². The van der Waals surface area contributed by atoms with Crippen molar-refractivity contribution < 1.29 is 0 Å². The average Bonchev–Trinajstić information content (AvgIpc) is 2.66. The van der Waals surface area contributed by atoms with Crippen LogP contribution in [0.25, 0.3) is 5.69 Å². The Labute approximate surface area is 94.8 Å². The first-order valence-electron chi connectivity index (χ1n) is 4.03. The van der Waals surface area contributed by atoms with Crippen molar-refractivity contribution in [2.24, 2.45) is 0 Å². The van der Waals surface area contributed by atoms with Gasteiger partial charge in [0.1, 0.15) is 0 Å². The number of aromatic nitrogens is 3. The summed E-state index contributed by atoms with van der Waals surface area (Å²) in [6.07, 6.45) is 1.86. The molecule has 5 heteroatoms. The zero-order chi connectivity index (χ0) is 9.97. The maximum Gasteiger partial charge on any atom is 0.0937 e. The van der Waals surface area contributed by atoms with Gasteiger partial charge in [-0.3, -0.25) is 0 Å². The normalized spacial score (nSPS) is 10.4. The molecular weight excluding hydrogens is 265 g/mol. The van der Waals surface area contributed by atoms with Gasteiger partial charge in [-0.25, -0.2) is 4.68 Å². The Morgan fingerprint density at radius 3 is 2.93 bits per heavy atom. The standard InChI is InChI=1S/C9H7BrClN3/c10-5-8-6-14(13-12-8)9-3-1-2-7(11)4-9/h1-4,6H,5H2. The minimum absolute atomic E-state index is 0.693. The third-order valence-electron chi connectivity index (χ3n) is 1.75. The summed E-state index contributed by atoms with van der Waals surface area (Å²) in [6, 6.07) is 7.48. The van der Waals surface area contributed by atoms with E-state index in [-0.39, 0.29) is 0 Å². The van der Waals surface area contributed by atoms with E-state index in [0.29, 0.717) is 10.4 Å². The second-order valence-corrected chi connectivity index (χ2v) is 3.77. The van der Waals surface area contributed by atoms with Gasteiger partial charge >= 0.3 is 0 Å². The Kier molecular flexibility index (Phi) is 2.84. The fourth-order valence-corrected chi connectivity index (χ4v) is 1.55. The Balaban J connectivity index is 2.39. The van der Waals surface area contributed by atoms with Crippen molar-refractivity contribution in [3.63, 3.8) is 0 Å². The number of halogens is 2. The van der Waals surface area contributed by atoms with Gasteiger partial charge in [0, 0.05) is 10.4 Å². The predicted molar refractivity (Wildman–Crippen MR) is 59.0 cm³/mol. The first-order chi connectivity index (χ1) is 6.79. The molecule has 0 aliphatic heterocycles. The van der Waals surface area contributed by atoms with Crippen molar-refractivity contribution in [1.29, 1.82) is 0 Å². The highest BCUT2D eigenvalue weighted by atomic mass is 79.9. The minimum Gasteiger partial charge on any atom is -0.220 e. The van der Waals surface area contributed by atoms with Crippen LogP contribution in [0.2, 0.25) is 5.02 Å². The SMILES string of the molecule is Clc1cccc(-n2cc(CBr)nn2)c1. The van der Waals surface area contributed by atoms with E-state index >= 15 is 0 Å². The van der Waals surface area contributed by atoms with Crippen LogP contribution in [0.4, 0.5) is 0 Å². The van der Waals surface area contributed by atoms with E-state index in [1.807, 2.05) is 30.5 Å². The van der Waals surface area contributed by atoms with Crippen LogP contribution in [0, 0.1) is 0 Å². The summed E-state index contributed by atoms with van der Waals surface area (Å²) in [5, 5.41) is 9.34. The maximum atomic E-state index is 5.86. The monoisotopic (exact) mass is 271 g/mol. The lowest BCUT2D eigenvalue weighted by Crippen LogP contribution is -1.93. The number of alkyl halides is 1. The van der Waals surface area contributed by atoms with Crippen LogP contribution >= 0.6 is 27.5 Å². The Morgan fingerprint density at radius 1 is 1.43 bits per heavy atom. The lowest BCUT2D eigenvalue weighted by molar-refractivity contribution is 0.800. The Morgan fingerprint density at radius 2 is 2.29 bits per heavy atom. The maximum absolute atomic E-state index is 5.86. The molecule has 0 saturated heterocycles. The summed E-state index contributed by atoms with van der Waals surface area (Å²) in [5.74, 6) is 0. The number of benzene rings is 1. The summed E-state index contributed by atoms with van der Waals surface area (Å²) >= 11 is 9.18. The van der Waals surface area contributed by atoms with Crippen LogP contribution < -0.4 is 0 Å². The van der Waals surface area contributed by atoms with Crippen LogP contribution in [0.1, 0.15) is 5.69 Å². The minimum atomic E-state index is 0.693. The van der Waals surface area contributed by atoms with Crippen molar-refractivity contribution in [3.05, 3.63) is 41.2 Å². The summed E-state index contributed by atoms with van der Waals surface area (Å²) in [5.41, 5.74) is 1.81. The molecule has 0 aliphatic carbocycles. The molecule has 1 aromatic carbocycles. The summed E-state index contributed by atoms with van der Waals surface area (Å²) in [4.78, 5) is 0. The summed E-state index contributed by atoms with van der Waals surface area (Å²) in [6.45, 7) is 0. The number of hydrogen-bond acceptors (Lipinski definition) is 2.